The van der Waals surface area contributed by atoms with Crippen molar-refractivity contribution in [2.45, 2.75) is 44.6 Å². The van der Waals surface area contributed by atoms with E-state index in [4.69, 9.17) is 10.5 Å². The Morgan fingerprint density at radius 2 is 2.07 bits per heavy atom. The van der Waals surface area contributed by atoms with Gasteiger partial charge in [-0.1, -0.05) is 6.92 Å². The lowest BCUT2D eigenvalue weighted by Gasteiger charge is -2.31. The molecule has 1 aliphatic carbocycles. The number of aromatic amines is 1. The fourth-order valence-corrected chi connectivity index (χ4v) is 4.37. The molecule has 0 radical (unpaired) electrons. The summed E-state index contributed by atoms with van der Waals surface area (Å²) in [4.78, 5) is 31.0. The monoisotopic (exact) mass is 395 g/mol. The van der Waals surface area contributed by atoms with E-state index < -0.39 is 35.1 Å². The molecule has 3 heterocycles. The third kappa shape index (κ3) is 2.71. The number of hydrogen-bond donors (Lipinski definition) is 2. The highest BCUT2D eigenvalue weighted by Gasteiger charge is 2.66. The molecule has 150 valence electrons. The van der Waals surface area contributed by atoms with Crippen LogP contribution in [0.4, 0.5) is 13.2 Å². The molecule has 3 N–H and O–H groups in total. The molecule has 2 aliphatic rings. The van der Waals surface area contributed by atoms with Crippen molar-refractivity contribution in [1.29, 1.82) is 0 Å². The van der Waals surface area contributed by atoms with E-state index in [9.17, 15) is 22.8 Å². The van der Waals surface area contributed by atoms with E-state index in [1.54, 1.807) is 6.92 Å². The van der Waals surface area contributed by atoms with E-state index >= 15 is 0 Å². The second-order valence-corrected chi connectivity index (χ2v) is 7.88. The fourth-order valence-electron chi connectivity index (χ4n) is 4.37. The molecule has 6 nitrogen and oxygen atoms in total. The Morgan fingerprint density at radius 1 is 1.39 bits per heavy atom. The predicted molar refractivity (Wildman–Crippen MR) is 94.5 cm³/mol. The molecular weight excluding hydrogens is 375 g/mol. The van der Waals surface area contributed by atoms with Crippen molar-refractivity contribution in [3.63, 3.8) is 0 Å². The average Bonchev–Trinajstić information content (AvgIpc) is 3.39. The number of aromatic nitrogens is 2. The number of rotatable bonds is 3. The Bertz CT molecular complexity index is 1010. The first-order valence-corrected chi connectivity index (χ1v) is 9.11. The molecular formula is C19H20F3N3O3. The summed E-state index contributed by atoms with van der Waals surface area (Å²) < 4.78 is 46.9. The zero-order valence-electron chi connectivity index (χ0n) is 15.3. The first-order valence-electron chi connectivity index (χ1n) is 9.11. The van der Waals surface area contributed by atoms with Crippen molar-refractivity contribution < 1.29 is 22.7 Å². The number of alkyl halides is 3. The smallest absolute Gasteiger partial charge is 0.364 e. The summed E-state index contributed by atoms with van der Waals surface area (Å²) in [6.45, 7) is 2.63. The highest BCUT2D eigenvalue weighted by Crippen LogP contribution is 2.60. The third-order valence-electron chi connectivity index (χ3n) is 6.20. The molecule has 4 atom stereocenters. The summed E-state index contributed by atoms with van der Waals surface area (Å²) in [6, 6.07) is 2.69. The number of amides is 1. The maximum atomic E-state index is 13.8. The number of nitrogens with one attached hydrogen (secondary N) is 1. The van der Waals surface area contributed by atoms with E-state index in [-0.39, 0.29) is 34.1 Å². The van der Waals surface area contributed by atoms with Gasteiger partial charge in [0.25, 0.3) is 5.91 Å². The first kappa shape index (κ1) is 18.9. The molecule has 0 bridgehead atoms. The van der Waals surface area contributed by atoms with Crippen LogP contribution in [0.5, 0.6) is 0 Å². The molecule has 1 saturated heterocycles. The summed E-state index contributed by atoms with van der Waals surface area (Å²) in [5, 5.41) is 0.0198. The molecule has 1 aliphatic heterocycles. The predicted octanol–water partition coefficient (Wildman–Crippen LogP) is 3.08. The number of nitrogens with two attached hydrogens (primary N) is 1. The van der Waals surface area contributed by atoms with E-state index in [1.165, 1.54) is 18.3 Å². The Morgan fingerprint density at radius 3 is 2.64 bits per heavy atom. The van der Waals surface area contributed by atoms with Crippen LogP contribution in [-0.2, 0) is 4.74 Å². The molecule has 1 amide bonds. The fraction of sp³-hybridized carbons (Fsp3) is 0.526. The van der Waals surface area contributed by atoms with Crippen LogP contribution in [0.15, 0.2) is 23.1 Å². The topological polar surface area (TPSA) is 98.1 Å². The van der Waals surface area contributed by atoms with Gasteiger partial charge >= 0.3 is 6.18 Å². The van der Waals surface area contributed by atoms with Gasteiger partial charge in [-0.25, -0.2) is 0 Å². The Hall–Kier alpha value is -2.42. The van der Waals surface area contributed by atoms with Crippen LogP contribution >= 0.6 is 0 Å². The van der Waals surface area contributed by atoms with Crippen molar-refractivity contribution in [2.24, 2.45) is 23.5 Å². The maximum Gasteiger partial charge on any atom is 0.417 e. The minimum atomic E-state index is -4.53. The average molecular weight is 395 g/mol. The van der Waals surface area contributed by atoms with Crippen LogP contribution in [0.25, 0.3) is 10.9 Å². The molecule has 2 aromatic heterocycles. The number of pyridine rings is 2. The van der Waals surface area contributed by atoms with Gasteiger partial charge in [0, 0.05) is 18.0 Å². The highest BCUT2D eigenvalue weighted by molar-refractivity contribution is 6.03. The van der Waals surface area contributed by atoms with Gasteiger partial charge in [-0.05, 0) is 43.6 Å². The van der Waals surface area contributed by atoms with Gasteiger partial charge in [-0.3, -0.25) is 14.6 Å². The molecule has 2 fully saturated rings. The van der Waals surface area contributed by atoms with Gasteiger partial charge < -0.3 is 15.5 Å². The van der Waals surface area contributed by atoms with Gasteiger partial charge in [0.15, 0.2) is 11.0 Å². The van der Waals surface area contributed by atoms with E-state index in [0.29, 0.717) is 0 Å². The zero-order chi connectivity index (χ0) is 20.4. The Balaban J connectivity index is 1.85. The maximum absolute atomic E-state index is 13.8. The molecule has 28 heavy (non-hydrogen) atoms. The van der Waals surface area contributed by atoms with Crippen molar-refractivity contribution in [2.75, 3.05) is 0 Å². The van der Waals surface area contributed by atoms with Gasteiger partial charge in [-0.2, -0.15) is 13.2 Å². The summed E-state index contributed by atoms with van der Waals surface area (Å²) in [7, 11) is 0. The van der Waals surface area contributed by atoms with E-state index in [0.717, 1.165) is 19.8 Å². The van der Waals surface area contributed by atoms with E-state index in [2.05, 4.69) is 9.97 Å². The van der Waals surface area contributed by atoms with Gasteiger partial charge in [-0.15, -0.1) is 0 Å². The standard InChI is InChI=1S/C19H20F3N3O3/c1-8-13(9-3-4-9)16(28-18(8,2)19(20,21)22)11-7-12(26)14-10(25-11)5-6-24-15(14)17(23)27/h5-9,13,16H,3-4H2,1-2H3,(H2,23,27)(H,25,26)/t8-,13+,16+,18-/m0/s1. The summed E-state index contributed by atoms with van der Waals surface area (Å²) in [5.74, 6) is -1.85. The number of hydrogen-bond acceptors (Lipinski definition) is 4. The third-order valence-corrected chi connectivity index (χ3v) is 6.20. The minimum absolute atomic E-state index is 0.0198. The Kier molecular flexibility index (Phi) is 4.08. The van der Waals surface area contributed by atoms with Crippen molar-refractivity contribution in [3.8, 4) is 0 Å². The molecule has 0 aromatic carbocycles. The van der Waals surface area contributed by atoms with Crippen LogP contribution < -0.4 is 11.2 Å². The number of primary amides is 1. The number of H-pyrrole nitrogens is 1. The number of ether oxygens (including phenoxy) is 1. The van der Waals surface area contributed by atoms with Gasteiger partial charge in [0.1, 0.15) is 11.8 Å². The lowest BCUT2D eigenvalue weighted by atomic mass is 9.78. The zero-order valence-corrected chi connectivity index (χ0v) is 15.3. The quantitative estimate of drug-likeness (QED) is 0.834. The number of carbonyl (C=O) groups excluding carboxylic acids is 1. The lowest BCUT2D eigenvalue weighted by Crippen LogP contribution is -2.47. The molecule has 2 aromatic rings. The van der Waals surface area contributed by atoms with Crippen molar-refractivity contribution >= 4 is 16.8 Å². The molecule has 1 saturated carbocycles. The van der Waals surface area contributed by atoms with Crippen LogP contribution in [0, 0.1) is 17.8 Å². The van der Waals surface area contributed by atoms with Crippen LogP contribution in [0.1, 0.15) is 49.0 Å². The highest BCUT2D eigenvalue weighted by atomic mass is 19.4. The molecule has 9 heteroatoms. The van der Waals surface area contributed by atoms with Crippen molar-refractivity contribution in [1.82, 2.24) is 9.97 Å². The molecule has 0 unspecified atom stereocenters. The first-order chi connectivity index (χ1) is 13.0. The molecule has 4 rings (SSSR count). The van der Waals surface area contributed by atoms with Gasteiger partial charge in [0.2, 0.25) is 0 Å². The van der Waals surface area contributed by atoms with E-state index in [1.807, 2.05) is 0 Å². The Labute approximate surface area is 158 Å². The van der Waals surface area contributed by atoms with Crippen LogP contribution in [-0.4, -0.2) is 27.7 Å². The minimum Gasteiger partial charge on any atom is -0.364 e. The number of halogens is 3. The lowest BCUT2D eigenvalue weighted by molar-refractivity contribution is -0.275. The molecule has 0 spiro atoms. The number of carbonyl (C=O) groups is 1. The number of nitrogens with zero attached hydrogens (tertiary/aromatic N) is 1. The summed E-state index contributed by atoms with van der Waals surface area (Å²) in [5.41, 5.74) is 2.84. The summed E-state index contributed by atoms with van der Waals surface area (Å²) >= 11 is 0. The SMILES string of the molecule is C[C@H]1[C@H](C2CC2)[C@@H](c2cc(=O)c3c(C(N)=O)nccc3[nH]2)O[C@]1(C)C(F)(F)F. The largest absolute Gasteiger partial charge is 0.417 e. The normalized spacial score (nSPS) is 30.7. The van der Waals surface area contributed by atoms with Crippen LogP contribution in [0.3, 0.4) is 0 Å². The van der Waals surface area contributed by atoms with Crippen molar-refractivity contribution in [3.05, 3.63) is 39.9 Å². The second-order valence-electron chi connectivity index (χ2n) is 7.88. The van der Waals surface area contributed by atoms with Gasteiger partial charge in [0.05, 0.1) is 10.9 Å². The number of fused-ring (bicyclic) bond motifs is 1. The van der Waals surface area contributed by atoms with Crippen LogP contribution in [0.2, 0.25) is 0 Å². The summed E-state index contributed by atoms with van der Waals surface area (Å²) in [6.07, 6.45) is -2.42. The second kappa shape index (κ2) is 6.04.